The molecule has 0 amide bonds. The average Bonchev–Trinajstić information content (AvgIpc) is 2.50. The van der Waals surface area contributed by atoms with Crippen molar-refractivity contribution in [1.29, 1.82) is 0 Å². The lowest BCUT2D eigenvalue weighted by atomic mass is 9.80. The lowest BCUT2D eigenvalue weighted by molar-refractivity contribution is -0.0880. The number of aliphatic hydroxyl groups excluding tert-OH is 1. The van der Waals surface area contributed by atoms with Gasteiger partial charge in [0.15, 0.2) is 0 Å². The van der Waals surface area contributed by atoms with E-state index in [4.69, 9.17) is 16.3 Å². The van der Waals surface area contributed by atoms with Gasteiger partial charge in [0.2, 0.25) is 0 Å². The van der Waals surface area contributed by atoms with Crippen molar-refractivity contribution in [3.63, 3.8) is 0 Å². The zero-order valence-corrected chi connectivity index (χ0v) is 14.0. The third-order valence-corrected chi connectivity index (χ3v) is 5.14. The number of aliphatic hydroxyl groups is 1. The van der Waals surface area contributed by atoms with E-state index in [2.05, 4.69) is 29.8 Å². The Morgan fingerprint density at radius 1 is 1.37 bits per heavy atom. The molecule has 1 aliphatic rings. The molecule has 2 rings (SSSR count). The molecule has 0 aromatic heterocycles. The van der Waals surface area contributed by atoms with Crippen molar-refractivity contribution in [2.75, 3.05) is 0 Å². The van der Waals surface area contributed by atoms with E-state index in [1.165, 1.54) is 0 Å². The SMILES string of the molecule is CC1(C)CC(C(O)c2cccc(Br)c2Cl)C(C)(C)O1. The molecule has 1 heterocycles. The smallest absolute Gasteiger partial charge is 0.0861 e. The second-order valence-corrected chi connectivity index (χ2v) is 7.60. The predicted octanol–water partition coefficient (Wildman–Crippen LogP) is 4.73. The molecule has 2 atom stereocenters. The summed E-state index contributed by atoms with van der Waals surface area (Å²) in [7, 11) is 0. The van der Waals surface area contributed by atoms with Gasteiger partial charge in [-0.3, -0.25) is 0 Å². The number of rotatable bonds is 2. The van der Waals surface area contributed by atoms with Crippen LogP contribution >= 0.6 is 27.5 Å². The molecular formula is C15H20BrClO2. The second kappa shape index (κ2) is 5.03. The molecule has 0 radical (unpaired) electrons. The largest absolute Gasteiger partial charge is 0.388 e. The summed E-state index contributed by atoms with van der Waals surface area (Å²) in [4.78, 5) is 0. The van der Waals surface area contributed by atoms with Crippen molar-refractivity contribution >= 4 is 27.5 Å². The third-order valence-electron chi connectivity index (χ3n) is 3.83. The molecule has 1 fully saturated rings. The van der Waals surface area contributed by atoms with Crippen molar-refractivity contribution in [2.45, 2.75) is 51.4 Å². The fraction of sp³-hybridized carbons (Fsp3) is 0.600. The van der Waals surface area contributed by atoms with E-state index >= 15 is 0 Å². The van der Waals surface area contributed by atoms with E-state index in [0.29, 0.717) is 5.02 Å². The molecular weight excluding hydrogens is 328 g/mol. The molecule has 1 saturated heterocycles. The lowest BCUT2D eigenvalue weighted by Gasteiger charge is -2.30. The molecule has 1 aromatic rings. The van der Waals surface area contributed by atoms with Crippen molar-refractivity contribution in [2.24, 2.45) is 5.92 Å². The van der Waals surface area contributed by atoms with Gasteiger partial charge in [0.05, 0.1) is 22.3 Å². The van der Waals surface area contributed by atoms with Crippen LogP contribution in [0.1, 0.15) is 45.8 Å². The summed E-state index contributed by atoms with van der Waals surface area (Å²) in [6, 6.07) is 5.64. The van der Waals surface area contributed by atoms with Crippen LogP contribution in [0.25, 0.3) is 0 Å². The van der Waals surface area contributed by atoms with Crippen molar-refractivity contribution in [3.05, 3.63) is 33.3 Å². The molecule has 19 heavy (non-hydrogen) atoms. The summed E-state index contributed by atoms with van der Waals surface area (Å²) in [6.45, 7) is 8.18. The Kier molecular flexibility index (Phi) is 4.05. The monoisotopic (exact) mass is 346 g/mol. The average molecular weight is 348 g/mol. The first-order valence-electron chi connectivity index (χ1n) is 6.46. The highest BCUT2D eigenvalue weighted by Crippen LogP contribution is 2.48. The number of halogens is 2. The Morgan fingerprint density at radius 2 is 2.00 bits per heavy atom. The first-order valence-corrected chi connectivity index (χ1v) is 7.63. The normalized spacial score (nSPS) is 26.4. The van der Waals surface area contributed by atoms with Crippen molar-refractivity contribution in [1.82, 2.24) is 0 Å². The van der Waals surface area contributed by atoms with E-state index in [1.54, 1.807) is 0 Å². The van der Waals surface area contributed by atoms with E-state index < -0.39 is 6.10 Å². The molecule has 0 bridgehead atoms. The van der Waals surface area contributed by atoms with Crippen LogP contribution in [0.2, 0.25) is 5.02 Å². The molecule has 1 aromatic carbocycles. The third kappa shape index (κ3) is 2.99. The standard InChI is InChI=1S/C15H20BrClO2/c1-14(2)8-10(15(3,4)19-14)13(18)9-6-5-7-11(16)12(9)17/h5-7,10,13,18H,8H2,1-4H3. The number of hydrogen-bond acceptors (Lipinski definition) is 2. The summed E-state index contributed by atoms with van der Waals surface area (Å²) >= 11 is 9.68. The first kappa shape index (κ1) is 15.3. The van der Waals surface area contributed by atoms with E-state index in [1.807, 2.05) is 32.0 Å². The van der Waals surface area contributed by atoms with Crippen LogP contribution in [0, 0.1) is 5.92 Å². The quantitative estimate of drug-likeness (QED) is 0.838. The molecule has 1 N–H and O–H groups in total. The van der Waals surface area contributed by atoms with Crippen molar-refractivity contribution < 1.29 is 9.84 Å². The van der Waals surface area contributed by atoms with Crippen LogP contribution in [-0.4, -0.2) is 16.3 Å². The Morgan fingerprint density at radius 3 is 2.53 bits per heavy atom. The fourth-order valence-corrected chi connectivity index (χ4v) is 3.68. The van der Waals surface area contributed by atoms with E-state index in [9.17, 15) is 5.11 Å². The van der Waals surface area contributed by atoms with Crippen molar-refractivity contribution in [3.8, 4) is 0 Å². The van der Waals surface area contributed by atoms with Gasteiger partial charge >= 0.3 is 0 Å². The minimum atomic E-state index is -0.623. The fourth-order valence-electron chi connectivity index (χ4n) is 3.06. The first-order chi connectivity index (χ1) is 8.64. The minimum Gasteiger partial charge on any atom is -0.388 e. The summed E-state index contributed by atoms with van der Waals surface area (Å²) in [5.74, 6) is 0.0225. The van der Waals surface area contributed by atoms with Crippen LogP contribution in [0.3, 0.4) is 0 Å². The topological polar surface area (TPSA) is 29.5 Å². The van der Waals surface area contributed by atoms with Gasteiger partial charge in [-0.15, -0.1) is 0 Å². The Bertz CT molecular complexity index is 485. The summed E-state index contributed by atoms with van der Waals surface area (Å²) in [5, 5.41) is 11.3. The van der Waals surface area contributed by atoms with Gasteiger partial charge in [-0.25, -0.2) is 0 Å². The maximum atomic E-state index is 10.7. The van der Waals surface area contributed by atoms with E-state index in [0.717, 1.165) is 16.5 Å². The summed E-state index contributed by atoms with van der Waals surface area (Å²) in [5.41, 5.74) is 0.178. The highest BCUT2D eigenvalue weighted by Gasteiger charge is 2.49. The molecule has 106 valence electrons. The number of hydrogen-bond donors (Lipinski definition) is 1. The van der Waals surface area contributed by atoms with Crippen LogP contribution in [0.5, 0.6) is 0 Å². The van der Waals surface area contributed by atoms with Crippen LogP contribution < -0.4 is 0 Å². The maximum Gasteiger partial charge on any atom is 0.0861 e. The molecule has 2 unspecified atom stereocenters. The molecule has 4 heteroatoms. The molecule has 2 nitrogen and oxygen atoms in total. The number of ether oxygens (including phenoxy) is 1. The van der Waals surface area contributed by atoms with Crippen LogP contribution in [0.15, 0.2) is 22.7 Å². The highest BCUT2D eigenvalue weighted by molar-refractivity contribution is 9.10. The minimum absolute atomic E-state index is 0.0225. The van der Waals surface area contributed by atoms with Gasteiger partial charge in [0, 0.05) is 16.0 Å². The molecule has 0 saturated carbocycles. The Labute approximate surface area is 128 Å². The van der Waals surface area contributed by atoms with Gasteiger partial charge < -0.3 is 9.84 Å². The molecule has 1 aliphatic heterocycles. The maximum absolute atomic E-state index is 10.7. The summed E-state index contributed by atoms with van der Waals surface area (Å²) < 4.78 is 6.85. The molecule has 0 aliphatic carbocycles. The number of benzene rings is 1. The molecule has 0 spiro atoms. The highest BCUT2D eigenvalue weighted by atomic mass is 79.9. The van der Waals surface area contributed by atoms with Gasteiger partial charge in [-0.1, -0.05) is 23.7 Å². The Hall–Kier alpha value is -0.0900. The summed E-state index contributed by atoms with van der Waals surface area (Å²) in [6.07, 6.45) is 0.186. The zero-order valence-electron chi connectivity index (χ0n) is 11.7. The van der Waals surface area contributed by atoms with Crippen LogP contribution in [-0.2, 0) is 4.74 Å². The Balaban J connectivity index is 2.34. The van der Waals surface area contributed by atoms with Gasteiger partial charge in [-0.05, 0) is 56.1 Å². The van der Waals surface area contributed by atoms with E-state index in [-0.39, 0.29) is 17.1 Å². The van der Waals surface area contributed by atoms with Gasteiger partial charge in [-0.2, -0.15) is 0 Å². The lowest BCUT2D eigenvalue weighted by Crippen LogP contribution is -2.32. The zero-order chi connectivity index (χ0) is 14.4. The van der Waals surface area contributed by atoms with Gasteiger partial charge in [0.25, 0.3) is 0 Å². The second-order valence-electron chi connectivity index (χ2n) is 6.36. The van der Waals surface area contributed by atoms with Gasteiger partial charge in [0.1, 0.15) is 0 Å². The predicted molar refractivity (Wildman–Crippen MR) is 81.5 cm³/mol. The van der Waals surface area contributed by atoms with Crippen LogP contribution in [0.4, 0.5) is 0 Å².